The van der Waals surface area contributed by atoms with Crippen molar-refractivity contribution in [1.82, 2.24) is 10.2 Å². The van der Waals surface area contributed by atoms with E-state index in [1.165, 1.54) is 5.56 Å². The van der Waals surface area contributed by atoms with Gasteiger partial charge in [0.15, 0.2) is 0 Å². The Labute approximate surface area is 126 Å². The topological polar surface area (TPSA) is 32.3 Å². The number of nitrogens with zero attached hydrogens (tertiary/aromatic N) is 1. The van der Waals surface area contributed by atoms with E-state index in [1.54, 1.807) is 0 Å². The minimum Gasteiger partial charge on any atom is -0.356 e. The molecule has 2 rings (SSSR count). The molecule has 0 radical (unpaired) electrons. The van der Waals surface area contributed by atoms with Crippen molar-refractivity contribution < 1.29 is 4.79 Å². The molecular formula is C16H23ClN2O. The summed E-state index contributed by atoms with van der Waals surface area (Å²) in [5, 5.41) is 3.79. The zero-order chi connectivity index (χ0) is 14.5. The number of hydrogen-bond acceptors (Lipinski definition) is 2. The Kier molecular flexibility index (Phi) is 5.44. The molecule has 2 atom stereocenters. The molecule has 0 bridgehead atoms. The monoisotopic (exact) mass is 294 g/mol. The molecule has 1 fully saturated rings. The fourth-order valence-electron chi connectivity index (χ4n) is 2.87. The number of rotatable bonds is 4. The summed E-state index contributed by atoms with van der Waals surface area (Å²) in [4.78, 5) is 14.6. The van der Waals surface area contributed by atoms with Gasteiger partial charge >= 0.3 is 0 Å². The number of nitrogens with one attached hydrogen (secondary N) is 1. The molecular weight excluding hydrogens is 272 g/mol. The van der Waals surface area contributed by atoms with Crippen LogP contribution in [0.2, 0.25) is 5.02 Å². The summed E-state index contributed by atoms with van der Waals surface area (Å²) >= 11 is 5.95. The quantitative estimate of drug-likeness (QED) is 0.926. The highest BCUT2D eigenvalue weighted by Gasteiger charge is 2.33. The molecule has 1 unspecified atom stereocenters. The first-order chi connectivity index (χ1) is 9.61. The number of halogens is 1. The summed E-state index contributed by atoms with van der Waals surface area (Å²) in [6.07, 6.45) is 1.99. The molecule has 1 heterocycles. The minimum atomic E-state index is 0.0291. The van der Waals surface area contributed by atoms with Crippen molar-refractivity contribution in [1.29, 1.82) is 0 Å². The number of carbonyl (C=O) groups is 1. The van der Waals surface area contributed by atoms with Gasteiger partial charge in [0.25, 0.3) is 0 Å². The maximum atomic E-state index is 12.4. The molecule has 1 N–H and O–H groups in total. The SMILES string of the molecule is CCCNC(=O)[C@@H]1CN(C)CCC1c1ccc(Cl)cc1. The Hall–Kier alpha value is -1.06. The van der Waals surface area contributed by atoms with Gasteiger partial charge < -0.3 is 10.2 Å². The van der Waals surface area contributed by atoms with Crippen LogP contribution < -0.4 is 5.32 Å². The second-order valence-electron chi connectivity index (χ2n) is 5.61. The van der Waals surface area contributed by atoms with E-state index in [0.29, 0.717) is 5.92 Å². The molecule has 1 amide bonds. The molecule has 0 aromatic heterocycles. The smallest absolute Gasteiger partial charge is 0.225 e. The van der Waals surface area contributed by atoms with E-state index in [0.717, 1.165) is 37.5 Å². The molecule has 0 spiro atoms. The lowest BCUT2D eigenvalue weighted by atomic mass is 9.80. The molecule has 1 aliphatic rings. The van der Waals surface area contributed by atoms with E-state index in [-0.39, 0.29) is 11.8 Å². The van der Waals surface area contributed by atoms with Crippen LogP contribution in [0.1, 0.15) is 31.2 Å². The number of hydrogen-bond donors (Lipinski definition) is 1. The van der Waals surface area contributed by atoms with Gasteiger partial charge in [0.1, 0.15) is 0 Å². The Bertz CT molecular complexity index is 446. The molecule has 110 valence electrons. The highest BCUT2D eigenvalue weighted by atomic mass is 35.5. The average molecular weight is 295 g/mol. The van der Waals surface area contributed by atoms with Crippen molar-refractivity contribution in [3.8, 4) is 0 Å². The second kappa shape index (κ2) is 7.09. The predicted octanol–water partition coefficient (Wildman–Crippen LogP) is 2.90. The fourth-order valence-corrected chi connectivity index (χ4v) is 2.99. The van der Waals surface area contributed by atoms with E-state index >= 15 is 0 Å². The van der Waals surface area contributed by atoms with Crippen LogP contribution in [0.25, 0.3) is 0 Å². The molecule has 3 nitrogen and oxygen atoms in total. The Morgan fingerprint density at radius 3 is 2.75 bits per heavy atom. The van der Waals surface area contributed by atoms with Crippen molar-refractivity contribution in [2.75, 3.05) is 26.7 Å². The van der Waals surface area contributed by atoms with Crippen LogP contribution in [0.15, 0.2) is 24.3 Å². The summed E-state index contributed by atoms with van der Waals surface area (Å²) in [5.41, 5.74) is 1.22. The van der Waals surface area contributed by atoms with Gasteiger partial charge in [-0.25, -0.2) is 0 Å². The lowest BCUT2D eigenvalue weighted by molar-refractivity contribution is -0.127. The molecule has 0 aliphatic carbocycles. The highest BCUT2D eigenvalue weighted by Crippen LogP contribution is 2.33. The van der Waals surface area contributed by atoms with Crippen molar-refractivity contribution in [3.63, 3.8) is 0 Å². The van der Waals surface area contributed by atoms with Gasteiger partial charge in [0.05, 0.1) is 5.92 Å². The van der Waals surface area contributed by atoms with Crippen LogP contribution in [0.4, 0.5) is 0 Å². The van der Waals surface area contributed by atoms with Crippen molar-refractivity contribution >= 4 is 17.5 Å². The van der Waals surface area contributed by atoms with Gasteiger partial charge in [-0.2, -0.15) is 0 Å². The van der Waals surface area contributed by atoms with Crippen LogP contribution >= 0.6 is 11.6 Å². The Balaban J connectivity index is 2.15. The third-order valence-electron chi connectivity index (χ3n) is 4.00. The van der Waals surface area contributed by atoms with Crippen molar-refractivity contribution in [2.24, 2.45) is 5.92 Å². The summed E-state index contributed by atoms with van der Waals surface area (Å²) < 4.78 is 0. The Morgan fingerprint density at radius 2 is 2.10 bits per heavy atom. The third-order valence-corrected chi connectivity index (χ3v) is 4.25. The Morgan fingerprint density at radius 1 is 1.40 bits per heavy atom. The number of carbonyl (C=O) groups excluding carboxylic acids is 1. The zero-order valence-electron chi connectivity index (χ0n) is 12.2. The van der Waals surface area contributed by atoms with Crippen molar-refractivity contribution in [3.05, 3.63) is 34.9 Å². The van der Waals surface area contributed by atoms with Crippen LogP contribution in [-0.4, -0.2) is 37.5 Å². The summed E-state index contributed by atoms with van der Waals surface area (Å²) in [5.74, 6) is 0.500. The minimum absolute atomic E-state index is 0.0291. The van der Waals surface area contributed by atoms with Crippen LogP contribution in [0, 0.1) is 5.92 Å². The van der Waals surface area contributed by atoms with Gasteiger partial charge in [-0.3, -0.25) is 4.79 Å². The molecule has 1 aromatic carbocycles. The summed E-state index contributed by atoms with van der Waals surface area (Å²) in [6, 6.07) is 7.93. The fraction of sp³-hybridized carbons (Fsp3) is 0.562. The van der Waals surface area contributed by atoms with E-state index in [4.69, 9.17) is 11.6 Å². The molecule has 4 heteroatoms. The molecule has 1 aliphatic heterocycles. The number of piperidine rings is 1. The largest absolute Gasteiger partial charge is 0.356 e. The van der Waals surface area contributed by atoms with Gasteiger partial charge in [-0.1, -0.05) is 30.7 Å². The molecule has 20 heavy (non-hydrogen) atoms. The number of likely N-dealkylation sites (tertiary alicyclic amines) is 1. The third kappa shape index (κ3) is 3.74. The lowest BCUT2D eigenvalue weighted by Crippen LogP contribution is -2.45. The van der Waals surface area contributed by atoms with Gasteiger partial charge in [0.2, 0.25) is 5.91 Å². The van der Waals surface area contributed by atoms with Gasteiger partial charge in [-0.15, -0.1) is 0 Å². The summed E-state index contributed by atoms with van der Waals surface area (Å²) in [6.45, 7) is 4.68. The first-order valence-electron chi connectivity index (χ1n) is 7.33. The van der Waals surface area contributed by atoms with Gasteiger partial charge in [-0.05, 0) is 50.0 Å². The first-order valence-corrected chi connectivity index (χ1v) is 7.71. The van der Waals surface area contributed by atoms with Gasteiger partial charge in [0, 0.05) is 18.1 Å². The zero-order valence-corrected chi connectivity index (χ0v) is 13.0. The number of amides is 1. The second-order valence-corrected chi connectivity index (χ2v) is 6.04. The van der Waals surface area contributed by atoms with E-state index < -0.39 is 0 Å². The standard InChI is InChI=1S/C16H23ClN2O/c1-3-9-18-16(20)15-11-19(2)10-8-14(15)12-4-6-13(17)7-5-12/h4-7,14-15H,3,8-11H2,1-2H3,(H,18,20)/t14?,15-/m1/s1. The van der Waals surface area contributed by atoms with Crippen LogP contribution in [0.3, 0.4) is 0 Å². The first kappa shape index (κ1) is 15.3. The lowest BCUT2D eigenvalue weighted by Gasteiger charge is -2.36. The van der Waals surface area contributed by atoms with Crippen molar-refractivity contribution in [2.45, 2.75) is 25.7 Å². The van der Waals surface area contributed by atoms with E-state index in [2.05, 4.69) is 36.3 Å². The normalized spacial score (nSPS) is 23.6. The number of benzene rings is 1. The van der Waals surface area contributed by atoms with Crippen LogP contribution in [0.5, 0.6) is 0 Å². The maximum absolute atomic E-state index is 12.4. The molecule has 0 saturated carbocycles. The van der Waals surface area contributed by atoms with E-state index in [9.17, 15) is 4.79 Å². The predicted molar refractivity (Wildman–Crippen MR) is 83.1 cm³/mol. The molecule has 1 aromatic rings. The highest BCUT2D eigenvalue weighted by molar-refractivity contribution is 6.30. The molecule has 1 saturated heterocycles. The van der Waals surface area contributed by atoms with Crippen LogP contribution in [-0.2, 0) is 4.79 Å². The summed E-state index contributed by atoms with van der Waals surface area (Å²) in [7, 11) is 2.08. The van der Waals surface area contributed by atoms with E-state index in [1.807, 2.05) is 12.1 Å². The average Bonchev–Trinajstić information content (AvgIpc) is 2.46. The maximum Gasteiger partial charge on any atom is 0.225 e.